The highest BCUT2D eigenvalue weighted by molar-refractivity contribution is 6.09. The molecule has 2 aliphatic heterocycles. The lowest BCUT2D eigenvalue weighted by atomic mass is 9.70. The normalized spacial score (nSPS) is 23.7. The summed E-state index contributed by atoms with van der Waals surface area (Å²) in [5, 5.41) is 7.15. The standard InChI is InChI=1S/C24H24N2O3/c1-14-5-9-18(10-6-14)20-13-24(29-26-20)22(19-11-7-15(2)8-12-19)21(17(4)27)16(3)25-23(24)28/h5-12,22H,13H2,1-4H3,(H,25,28)/t22-,24+/m0/s1. The van der Waals surface area contributed by atoms with E-state index in [0.717, 1.165) is 22.3 Å². The number of amides is 1. The Morgan fingerprint density at radius 2 is 1.62 bits per heavy atom. The number of rotatable bonds is 3. The van der Waals surface area contributed by atoms with Crippen molar-refractivity contribution in [3.05, 3.63) is 82.1 Å². The molecule has 0 fully saturated rings. The van der Waals surface area contributed by atoms with E-state index in [4.69, 9.17) is 4.84 Å². The van der Waals surface area contributed by atoms with Crippen LogP contribution in [0.15, 0.2) is 65.0 Å². The van der Waals surface area contributed by atoms with Gasteiger partial charge in [-0.2, -0.15) is 0 Å². The SMILES string of the molecule is CC(=O)C1=C(C)NC(=O)[C@@]2(CC(c3ccc(C)cc3)=NO2)[C@H]1c1ccc(C)cc1. The van der Waals surface area contributed by atoms with Crippen LogP contribution in [-0.2, 0) is 14.4 Å². The molecule has 0 unspecified atom stereocenters. The molecule has 148 valence electrons. The van der Waals surface area contributed by atoms with Gasteiger partial charge < -0.3 is 10.2 Å². The second-order valence-corrected chi connectivity index (χ2v) is 7.95. The van der Waals surface area contributed by atoms with Crippen LogP contribution in [0.1, 0.15) is 48.4 Å². The van der Waals surface area contributed by atoms with Crippen LogP contribution in [0.5, 0.6) is 0 Å². The molecule has 0 saturated heterocycles. The quantitative estimate of drug-likeness (QED) is 0.866. The third kappa shape index (κ3) is 3.16. The van der Waals surface area contributed by atoms with Crippen molar-refractivity contribution in [2.24, 2.45) is 5.16 Å². The highest BCUT2D eigenvalue weighted by Crippen LogP contribution is 2.47. The number of carbonyl (C=O) groups is 2. The minimum atomic E-state index is -1.28. The molecule has 0 radical (unpaired) electrons. The zero-order valence-electron chi connectivity index (χ0n) is 17.1. The number of Topliss-reactive ketones (excluding diaryl/α,β-unsaturated/α-hetero) is 1. The van der Waals surface area contributed by atoms with Gasteiger partial charge in [0.15, 0.2) is 5.78 Å². The second kappa shape index (κ2) is 6.99. The molecular formula is C24H24N2O3. The van der Waals surface area contributed by atoms with E-state index in [2.05, 4.69) is 10.5 Å². The average molecular weight is 388 g/mol. The van der Waals surface area contributed by atoms with Gasteiger partial charge in [0.2, 0.25) is 5.60 Å². The molecule has 0 aromatic heterocycles. The Hall–Kier alpha value is -3.21. The average Bonchev–Trinajstić information content (AvgIpc) is 3.12. The van der Waals surface area contributed by atoms with E-state index in [0.29, 0.717) is 23.4 Å². The van der Waals surface area contributed by atoms with E-state index in [1.54, 1.807) is 6.92 Å². The highest BCUT2D eigenvalue weighted by atomic mass is 16.7. The van der Waals surface area contributed by atoms with Gasteiger partial charge in [-0.05, 0) is 38.8 Å². The first-order valence-corrected chi connectivity index (χ1v) is 9.73. The molecule has 1 N–H and O–H groups in total. The number of benzene rings is 2. The van der Waals surface area contributed by atoms with E-state index in [1.807, 2.05) is 62.4 Å². The van der Waals surface area contributed by atoms with Gasteiger partial charge in [-0.3, -0.25) is 9.59 Å². The summed E-state index contributed by atoms with van der Waals surface area (Å²) in [7, 11) is 0. The van der Waals surface area contributed by atoms with Crippen LogP contribution in [0.25, 0.3) is 0 Å². The molecule has 0 saturated carbocycles. The molecular weight excluding hydrogens is 364 g/mol. The molecule has 2 aromatic rings. The van der Waals surface area contributed by atoms with Gasteiger partial charge in [-0.15, -0.1) is 0 Å². The molecule has 2 aromatic carbocycles. The molecule has 0 bridgehead atoms. The van der Waals surface area contributed by atoms with Crippen LogP contribution in [0.4, 0.5) is 0 Å². The number of carbonyl (C=O) groups excluding carboxylic acids is 2. The Morgan fingerprint density at radius 3 is 2.21 bits per heavy atom. The Bertz CT molecular complexity index is 1050. The van der Waals surface area contributed by atoms with E-state index < -0.39 is 11.5 Å². The van der Waals surface area contributed by atoms with Gasteiger partial charge in [-0.1, -0.05) is 64.8 Å². The molecule has 1 spiro atoms. The van der Waals surface area contributed by atoms with E-state index in [-0.39, 0.29) is 11.7 Å². The van der Waals surface area contributed by atoms with Crippen molar-refractivity contribution in [2.75, 3.05) is 0 Å². The summed E-state index contributed by atoms with van der Waals surface area (Å²) >= 11 is 0. The van der Waals surface area contributed by atoms with Crippen LogP contribution < -0.4 is 5.32 Å². The maximum atomic E-state index is 13.2. The fraction of sp³-hybridized carbons (Fsp3) is 0.292. The maximum Gasteiger partial charge on any atom is 0.272 e. The largest absolute Gasteiger partial charge is 0.377 e. The number of allylic oxidation sites excluding steroid dienone is 1. The summed E-state index contributed by atoms with van der Waals surface area (Å²) in [4.78, 5) is 31.7. The van der Waals surface area contributed by atoms with Crippen molar-refractivity contribution >= 4 is 17.4 Å². The number of ketones is 1. The number of nitrogens with one attached hydrogen (secondary N) is 1. The Balaban J connectivity index is 1.82. The summed E-state index contributed by atoms with van der Waals surface area (Å²) in [6.45, 7) is 7.32. The van der Waals surface area contributed by atoms with Crippen molar-refractivity contribution in [2.45, 2.75) is 45.6 Å². The van der Waals surface area contributed by atoms with Gasteiger partial charge >= 0.3 is 0 Å². The van der Waals surface area contributed by atoms with E-state index in [9.17, 15) is 9.59 Å². The van der Waals surface area contributed by atoms with Gasteiger partial charge in [-0.25, -0.2) is 0 Å². The van der Waals surface area contributed by atoms with Gasteiger partial charge in [0.1, 0.15) is 0 Å². The Labute approximate surface area is 170 Å². The summed E-state index contributed by atoms with van der Waals surface area (Å²) in [5.74, 6) is -0.877. The third-order valence-corrected chi connectivity index (χ3v) is 5.77. The summed E-state index contributed by atoms with van der Waals surface area (Å²) in [6.07, 6.45) is 0.296. The number of hydrogen-bond donors (Lipinski definition) is 1. The topological polar surface area (TPSA) is 67.8 Å². The molecule has 2 aliphatic rings. The first-order valence-electron chi connectivity index (χ1n) is 9.73. The fourth-order valence-electron chi connectivity index (χ4n) is 4.21. The Kier molecular flexibility index (Phi) is 4.61. The number of hydrogen-bond acceptors (Lipinski definition) is 4. The number of nitrogens with zero attached hydrogens (tertiary/aromatic N) is 1. The van der Waals surface area contributed by atoms with Crippen LogP contribution in [-0.4, -0.2) is 23.0 Å². The molecule has 1 amide bonds. The lowest BCUT2D eigenvalue weighted by Gasteiger charge is -2.39. The van der Waals surface area contributed by atoms with Crippen molar-refractivity contribution in [1.29, 1.82) is 0 Å². The predicted octanol–water partition coefficient (Wildman–Crippen LogP) is 3.94. The van der Waals surface area contributed by atoms with Crippen molar-refractivity contribution < 1.29 is 14.4 Å². The summed E-state index contributed by atoms with van der Waals surface area (Å²) < 4.78 is 0. The fourth-order valence-corrected chi connectivity index (χ4v) is 4.21. The Morgan fingerprint density at radius 1 is 1.03 bits per heavy atom. The first-order chi connectivity index (χ1) is 13.8. The molecule has 5 heteroatoms. The smallest absolute Gasteiger partial charge is 0.272 e. The van der Waals surface area contributed by atoms with Crippen molar-refractivity contribution in [1.82, 2.24) is 5.32 Å². The molecule has 2 atom stereocenters. The number of oxime groups is 1. The minimum absolute atomic E-state index is 0.0835. The lowest BCUT2D eigenvalue weighted by Crippen LogP contribution is -2.55. The molecule has 2 heterocycles. The molecule has 5 nitrogen and oxygen atoms in total. The van der Waals surface area contributed by atoms with E-state index in [1.165, 1.54) is 6.92 Å². The van der Waals surface area contributed by atoms with Gasteiger partial charge in [0, 0.05) is 17.7 Å². The molecule has 29 heavy (non-hydrogen) atoms. The minimum Gasteiger partial charge on any atom is -0.377 e. The van der Waals surface area contributed by atoms with Crippen molar-refractivity contribution in [3.8, 4) is 0 Å². The predicted molar refractivity (Wildman–Crippen MR) is 112 cm³/mol. The number of aryl methyl sites for hydroxylation is 2. The van der Waals surface area contributed by atoms with Crippen LogP contribution >= 0.6 is 0 Å². The molecule has 4 rings (SSSR count). The first kappa shape index (κ1) is 19.1. The van der Waals surface area contributed by atoms with Crippen LogP contribution in [0, 0.1) is 13.8 Å². The van der Waals surface area contributed by atoms with Crippen LogP contribution in [0.3, 0.4) is 0 Å². The van der Waals surface area contributed by atoms with Gasteiger partial charge in [0.25, 0.3) is 5.91 Å². The summed E-state index contributed by atoms with van der Waals surface area (Å²) in [5.41, 5.74) is 4.61. The second-order valence-electron chi connectivity index (χ2n) is 7.95. The van der Waals surface area contributed by atoms with E-state index >= 15 is 0 Å². The van der Waals surface area contributed by atoms with Crippen molar-refractivity contribution in [3.63, 3.8) is 0 Å². The zero-order chi connectivity index (χ0) is 20.8. The van der Waals surface area contributed by atoms with Crippen LogP contribution in [0.2, 0.25) is 0 Å². The molecule has 0 aliphatic carbocycles. The summed E-state index contributed by atoms with van der Waals surface area (Å²) in [6, 6.07) is 15.9. The van der Waals surface area contributed by atoms with Gasteiger partial charge in [0.05, 0.1) is 11.6 Å². The monoisotopic (exact) mass is 388 g/mol. The third-order valence-electron chi connectivity index (χ3n) is 5.77. The lowest BCUT2D eigenvalue weighted by molar-refractivity contribution is -0.147. The zero-order valence-corrected chi connectivity index (χ0v) is 17.1. The maximum absolute atomic E-state index is 13.2. The highest BCUT2D eigenvalue weighted by Gasteiger charge is 2.58.